The molecule has 1 aromatic heterocycles. The molecular weight excluding hydrogens is 490 g/mol. The molecule has 0 saturated carbocycles. The number of alkyl carbamates (subject to hydrolysis) is 1. The van der Waals surface area contributed by atoms with Crippen LogP contribution in [0, 0.1) is 0 Å². The number of carboxylic acid groups (broad SMARTS) is 1. The number of hydrogen-bond donors (Lipinski definition) is 6. The van der Waals surface area contributed by atoms with Crippen molar-refractivity contribution in [2.24, 2.45) is 0 Å². The summed E-state index contributed by atoms with van der Waals surface area (Å²) in [6, 6.07) is 12.9. The number of aryl methyl sites for hydroxylation is 1. The van der Waals surface area contributed by atoms with Crippen LogP contribution in [-0.4, -0.2) is 64.8 Å². The summed E-state index contributed by atoms with van der Waals surface area (Å²) >= 11 is 0. The number of ether oxygens (including phenoxy) is 1. The molecule has 6 N–H and O–H groups in total. The van der Waals surface area contributed by atoms with E-state index in [1.54, 1.807) is 42.6 Å². The van der Waals surface area contributed by atoms with Gasteiger partial charge < -0.3 is 25.8 Å². The Hall–Kier alpha value is -4.42. The van der Waals surface area contributed by atoms with Gasteiger partial charge in [-0.15, -0.1) is 0 Å². The molecule has 2 atom stereocenters. The summed E-state index contributed by atoms with van der Waals surface area (Å²) in [7, 11) is 0. The minimum absolute atomic E-state index is 0.000869. The second kappa shape index (κ2) is 13.2. The Morgan fingerprint density at radius 2 is 2.00 bits per heavy atom. The highest BCUT2D eigenvalue weighted by Crippen LogP contribution is 2.19. The first-order valence-electron chi connectivity index (χ1n) is 12.3. The van der Waals surface area contributed by atoms with E-state index in [9.17, 15) is 19.5 Å². The summed E-state index contributed by atoms with van der Waals surface area (Å²) in [6.45, 7) is 1.90. The summed E-state index contributed by atoms with van der Waals surface area (Å²) < 4.78 is 6.92. The standard InChI is InChI=1S/C26H31N7O5/c34-23(30-16-21(24(35)36)32-26(37)38-17-18-7-2-1-3-8-18)19-9-4-10-22-20(19)15-31-33(22)14-6-13-29-25-27-11-5-12-28-25/h1-5,7-11,15,21,25,27-29H,6,12-14,16-17H2,(H,30,34)(H,32,37)(H,35,36). The van der Waals surface area contributed by atoms with Crippen LogP contribution in [0.1, 0.15) is 22.3 Å². The molecule has 38 heavy (non-hydrogen) atoms. The van der Waals surface area contributed by atoms with Gasteiger partial charge in [-0.3, -0.25) is 20.1 Å². The Kier molecular flexibility index (Phi) is 9.27. The van der Waals surface area contributed by atoms with E-state index in [-0.39, 0.29) is 19.4 Å². The third-order valence-corrected chi connectivity index (χ3v) is 5.92. The highest BCUT2D eigenvalue weighted by atomic mass is 16.5. The van der Waals surface area contributed by atoms with E-state index in [1.807, 2.05) is 29.1 Å². The Labute approximate surface area is 219 Å². The Morgan fingerprint density at radius 3 is 2.76 bits per heavy atom. The van der Waals surface area contributed by atoms with Crippen LogP contribution in [0.15, 0.2) is 67.0 Å². The zero-order valence-corrected chi connectivity index (χ0v) is 20.7. The van der Waals surface area contributed by atoms with Gasteiger partial charge in [0.2, 0.25) is 0 Å². The van der Waals surface area contributed by atoms with Crippen LogP contribution < -0.4 is 26.6 Å². The van der Waals surface area contributed by atoms with Gasteiger partial charge in [-0.05, 0) is 30.3 Å². The minimum Gasteiger partial charge on any atom is -0.480 e. The van der Waals surface area contributed by atoms with Gasteiger partial charge in [0, 0.05) is 31.6 Å². The fourth-order valence-electron chi connectivity index (χ4n) is 3.95. The van der Waals surface area contributed by atoms with Crippen molar-refractivity contribution >= 4 is 28.9 Å². The predicted octanol–water partition coefficient (Wildman–Crippen LogP) is 1.12. The van der Waals surface area contributed by atoms with E-state index in [0.29, 0.717) is 17.5 Å². The fourth-order valence-corrected chi connectivity index (χ4v) is 3.95. The Bertz CT molecular complexity index is 1280. The number of amides is 2. The molecule has 0 saturated heterocycles. The predicted molar refractivity (Wildman–Crippen MR) is 140 cm³/mol. The lowest BCUT2D eigenvalue weighted by Gasteiger charge is -2.22. The molecule has 0 spiro atoms. The number of nitrogens with one attached hydrogen (secondary N) is 5. The molecule has 0 fully saturated rings. The van der Waals surface area contributed by atoms with E-state index in [0.717, 1.165) is 30.6 Å². The van der Waals surface area contributed by atoms with Crippen LogP contribution in [0.4, 0.5) is 4.79 Å². The molecular formula is C26H31N7O5. The number of benzene rings is 2. The molecule has 2 aromatic carbocycles. The number of aliphatic carboxylic acids is 1. The molecule has 200 valence electrons. The second-order valence-corrected chi connectivity index (χ2v) is 8.63. The van der Waals surface area contributed by atoms with E-state index in [1.165, 1.54) is 0 Å². The largest absolute Gasteiger partial charge is 0.480 e. The number of carbonyl (C=O) groups excluding carboxylic acids is 2. The smallest absolute Gasteiger partial charge is 0.408 e. The van der Waals surface area contributed by atoms with Gasteiger partial charge in [-0.25, -0.2) is 9.59 Å². The number of fused-ring (bicyclic) bond motifs is 1. The van der Waals surface area contributed by atoms with Gasteiger partial charge in [-0.1, -0.05) is 42.5 Å². The van der Waals surface area contributed by atoms with Crippen LogP contribution in [0.5, 0.6) is 0 Å². The van der Waals surface area contributed by atoms with Gasteiger partial charge in [0.1, 0.15) is 18.9 Å². The minimum atomic E-state index is -1.36. The topological polar surface area (TPSA) is 159 Å². The first-order valence-corrected chi connectivity index (χ1v) is 12.3. The first kappa shape index (κ1) is 26.6. The van der Waals surface area contributed by atoms with E-state index >= 15 is 0 Å². The van der Waals surface area contributed by atoms with Gasteiger partial charge in [0.05, 0.1) is 17.3 Å². The SMILES string of the molecule is O=C(NC(CNC(=O)c1cccc2c1cnn2CCCNC1NC=CCN1)C(=O)O)OCc1ccccc1. The monoisotopic (exact) mass is 521 g/mol. The number of rotatable bonds is 12. The summed E-state index contributed by atoms with van der Waals surface area (Å²) in [4.78, 5) is 36.6. The normalized spacial score (nSPS) is 15.4. The maximum Gasteiger partial charge on any atom is 0.408 e. The quantitative estimate of drug-likeness (QED) is 0.192. The second-order valence-electron chi connectivity index (χ2n) is 8.63. The van der Waals surface area contributed by atoms with Crippen LogP contribution >= 0.6 is 0 Å². The number of nitrogens with zero attached hydrogens (tertiary/aromatic N) is 2. The van der Waals surface area contributed by atoms with E-state index < -0.39 is 24.0 Å². The Morgan fingerprint density at radius 1 is 1.16 bits per heavy atom. The van der Waals surface area contributed by atoms with Crippen LogP contribution in [-0.2, 0) is 22.7 Å². The highest BCUT2D eigenvalue weighted by molar-refractivity contribution is 6.06. The van der Waals surface area contributed by atoms with Gasteiger partial charge in [0.15, 0.2) is 0 Å². The van der Waals surface area contributed by atoms with Crippen molar-refractivity contribution in [3.05, 3.63) is 78.1 Å². The number of hydrogen-bond acceptors (Lipinski definition) is 8. The van der Waals surface area contributed by atoms with Crippen molar-refractivity contribution in [3.8, 4) is 0 Å². The molecule has 1 aliphatic rings. The van der Waals surface area contributed by atoms with Crippen molar-refractivity contribution in [3.63, 3.8) is 0 Å². The average Bonchev–Trinajstić information content (AvgIpc) is 3.36. The van der Waals surface area contributed by atoms with Crippen molar-refractivity contribution in [2.45, 2.75) is 31.9 Å². The lowest BCUT2D eigenvalue weighted by molar-refractivity contribution is -0.139. The molecule has 0 radical (unpaired) electrons. The molecule has 2 heterocycles. The summed E-state index contributed by atoms with van der Waals surface area (Å²) in [5.41, 5.74) is 1.93. The lowest BCUT2D eigenvalue weighted by atomic mass is 10.1. The third kappa shape index (κ3) is 7.31. The number of carboxylic acids is 1. The molecule has 3 aromatic rings. The molecule has 0 bridgehead atoms. The van der Waals surface area contributed by atoms with Crippen LogP contribution in [0.2, 0.25) is 0 Å². The molecule has 2 unspecified atom stereocenters. The molecule has 12 nitrogen and oxygen atoms in total. The first-order chi connectivity index (χ1) is 18.5. The van der Waals surface area contributed by atoms with Gasteiger partial charge in [0.25, 0.3) is 5.91 Å². The third-order valence-electron chi connectivity index (χ3n) is 5.92. The van der Waals surface area contributed by atoms with Crippen LogP contribution in [0.3, 0.4) is 0 Å². The van der Waals surface area contributed by atoms with Crippen molar-refractivity contribution < 1.29 is 24.2 Å². The molecule has 2 amide bonds. The number of carbonyl (C=O) groups is 3. The van der Waals surface area contributed by atoms with E-state index in [4.69, 9.17) is 4.74 Å². The van der Waals surface area contributed by atoms with Gasteiger partial charge >= 0.3 is 12.1 Å². The van der Waals surface area contributed by atoms with Crippen molar-refractivity contribution in [1.29, 1.82) is 0 Å². The van der Waals surface area contributed by atoms with E-state index in [2.05, 4.69) is 31.7 Å². The summed E-state index contributed by atoms with van der Waals surface area (Å²) in [5.74, 6) is -1.76. The molecule has 12 heteroatoms. The van der Waals surface area contributed by atoms with Crippen molar-refractivity contribution in [2.75, 3.05) is 19.6 Å². The maximum absolute atomic E-state index is 12.9. The average molecular weight is 522 g/mol. The summed E-state index contributed by atoms with van der Waals surface area (Å²) in [6.07, 6.45) is 5.50. The highest BCUT2D eigenvalue weighted by Gasteiger charge is 2.22. The van der Waals surface area contributed by atoms with Gasteiger partial charge in [-0.2, -0.15) is 5.10 Å². The van der Waals surface area contributed by atoms with Crippen molar-refractivity contribution in [1.82, 2.24) is 36.4 Å². The molecule has 1 aliphatic heterocycles. The summed E-state index contributed by atoms with van der Waals surface area (Å²) in [5, 5.41) is 29.3. The van der Waals surface area contributed by atoms with Crippen LogP contribution in [0.25, 0.3) is 10.9 Å². The molecule has 0 aliphatic carbocycles. The zero-order chi connectivity index (χ0) is 26.7. The zero-order valence-electron chi connectivity index (χ0n) is 20.7. The fraction of sp³-hybridized carbons (Fsp3) is 0.308. The Balaban J connectivity index is 1.29. The lowest BCUT2D eigenvalue weighted by Crippen LogP contribution is -2.53. The maximum atomic E-state index is 12.9. The number of aromatic nitrogens is 2. The molecule has 4 rings (SSSR count).